The van der Waals surface area contributed by atoms with Crippen LogP contribution >= 0.6 is 0 Å². The van der Waals surface area contributed by atoms with Gasteiger partial charge in [-0.1, -0.05) is 18.2 Å². The van der Waals surface area contributed by atoms with Crippen LogP contribution in [-0.2, 0) is 9.31 Å². The van der Waals surface area contributed by atoms with Gasteiger partial charge in [-0.05, 0) is 45.6 Å². The average Bonchev–Trinajstić information content (AvgIpc) is 2.97. The maximum atomic E-state index is 6.11. The van der Waals surface area contributed by atoms with Crippen molar-refractivity contribution in [3.8, 4) is 11.4 Å². The Morgan fingerprint density at radius 3 is 2.33 bits per heavy atom. The van der Waals surface area contributed by atoms with E-state index in [-0.39, 0.29) is 18.3 Å². The normalized spacial score (nSPS) is 20.0. The molecule has 0 aliphatic carbocycles. The highest BCUT2D eigenvalue weighted by Crippen LogP contribution is 2.36. The van der Waals surface area contributed by atoms with Gasteiger partial charge in [0.1, 0.15) is 5.82 Å². The standard InChI is InChI=1S/C16H21BN2O2/c1-11-6-7-12(10-13(11)14-18-8-9-19-14)17-20-15(2,3)16(4,5)21-17/h6-10H,1-5H3,(H,18,19). The van der Waals surface area contributed by atoms with Crippen LogP contribution in [0.25, 0.3) is 11.4 Å². The van der Waals surface area contributed by atoms with E-state index in [4.69, 9.17) is 9.31 Å². The molecule has 0 radical (unpaired) electrons. The maximum absolute atomic E-state index is 6.11. The number of aromatic amines is 1. The van der Waals surface area contributed by atoms with Gasteiger partial charge in [-0.2, -0.15) is 0 Å². The third-order valence-electron chi connectivity index (χ3n) is 4.54. The Morgan fingerprint density at radius 2 is 1.76 bits per heavy atom. The summed E-state index contributed by atoms with van der Waals surface area (Å²) in [4.78, 5) is 7.49. The number of benzene rings is 1. The largest absolute Gasteiger partial charge is 0.494 e. The van der Waals surface area contributed by atoms with Crippen LogP contribution in [0, 0.1) is 6.92 Å². The Bertz CT molecular complexity index is 634. The van der Waals surface area contributed by atoms with Crippen LogP contribution < -0.4 is 5.46 Å². The number of H-pyrrole nitrogens is 1. The van der Waals surface area contributed by atoms with E-state index in [1.807, 2.05) is 6.20 Å². The average molecular weight is 284 g/mol. The molecule has 0 saturated carbocycles. The molecular formula is C16H21BN2O2. The zero-order valence-corrected chi connectivity index (χ0v) is 13.2. The topological polar surface area (TPSA) is 47.1 Å². The fourth-order valence-corrected chi connectivity index (χ4v) is 2.43. The van der Waals surface area contributed by atoms with Crippen molar-refractivity contribution < 1.29 is 9.31 Å². The van der Waals surface area contributed by atoms with Crippen molar-refractivity contribution in [1.29, 1.82) is 0 Å². The lowest BCUT2D eigenvalue weighted by Gasteiger charge is -2.32. The van der Waals surface area contributed by atoms with Gasteiger partial charge in [0.25, 0.3) is 0 Å². The molecule has 0 amide bonds. The summed E-state index contributed by atoms with van der Waals surface area (Å²) < 4.78 is 12.2. The summed E-state index contributed by atoms with van der Waals surface area (Å²) in [5.74, 6) is 0.867. The summed E-state index contributed by atoms with van der Waals surface area (Å²) in [6.45, 7) is 10.3. The minimum Gasteiger partial charge on any atom is -0.399 e. The lowest BCUT2D eigenvalue weighted by molar-refractivity contribution is 0.00578. The van der Waals surface area contributed by atoms with Gasteiger partial charge in [0.05, 0.1) is 11.2 Å². The second kappa shape index (κ2) is 4.72. The molecule has 1 fully saturated rings. The predicted molar refractivity (Wildman–Crippen MR) is 84.5 cm³/mol. The second-order valence-electron chi connectivity index (χ2n) is 6.60. The van der Waals surface area contributed by atoms with Gasteiger partial charge in [-0.25, -0.2) is 4.98 Å². The van der Waals surface area contributed by atoms with Crippen LogP contribution in [0.5, 0.6) is 0 Å². The Hall–Kier alpha value is -1.59. The van der Waals surface area contributed by atoms with E-state index in [0.29, 0.717) is 0 Å². The number of hydrogen-bond donors (Lipinski definition) is 1. The van der Waals surface area contributed by atoms with E-state index in [1.165, 1.54) is 5.56 Å². The van der Waals surface area contributed by atoms with Crippen molar-refractivity contribution >= 4 is 12.6 Å². The van der Waals surface area contributed by atoms with E-state index < -0.39 is 0 Å². The van der Waals surface area contributed by atoms with Crippen molar-refractivity contribution in [3.63, 3.8) is 0 Å². The number of hydrogen-bond acceptors (Lipinski definition) is 3. The van der Waals surface area contributed by atoms with Crippen molar-refractivity contribution in [2.75, 3.05) is 0 Å². The fourth-order valence-electron chi connectivity index (χ4n) is 2.43. The third kappa shape index (κ3) is 2.41. The molecule has 0 bridgehead atoms. The highest BCUT2D eigenvalue weighted by Gasteiger charge is 2.51. The molecule has 1 aromatic carbocycles. The van der Waals surface area contributed by atoms with E-state index in [0.717, 1.165) is 16.9 Å². The first kappa shape index (κ1) is 14.4. The third-order valence-corrected chi connectivity index (χ3v) is 4.54. The molecule has 110 valence electrons. The Balaban J connectivity index is 1.97. The van der Waals surface area contributed by atoms with Crippen LogP contribution in [-0.4, -0.2) is 28.3 Å². The van der Waals surface area contributed by atoms with E-state index in [1.54, 1.807) is 6.20 Å². The molecule has 0 atom stereocenters. The SMILES string of the molecule is Cc1ccc(B2OC(C)(C)C(C)(C)O2)cc1-c1ncc[nH]1. The minimum atomic E-state index is -0.343. The summed E-state index contributed by atoms with van der Waals surface area (Å²) >= 11 is 0. The van der Waals surface area contributed by atoms with E-state index in [2.05, 4.69) is 62.8 Å². The number of nitrogens with zero attached hydrogens (tertiary/aromatic N) is 1. The molecule has 4 nitrogen and oxygen atoms in total. The Kier molecular flexibility index (Phi) is 3.22. The number of nitrogens with one attached hydrogen (secondary N) is 1. The van der Waals surface area contributed by atoms with Gasteiger partial charge in [-0.3, -0.25) is 0 Å². The summed E-state index contributed by atoms with van der Waals surface area (Å²) in [6.07, 6.45) is 3.59. The van der Waals surface area contributed by atoms with Gasteiger partial charge in [-0.15, -0.1) is 0 Å². The Labute approximate surface area is 126 Å². The molecule has 2 aromatic rings. The van der Waals surface area contributed by atoms with Gasteiger partial charge in [0, 0.05) is 18.0 Å². The van der Waals surface area contributed by atoms with Crippen LogP contribution in [0.2, 0.25) is 0 Å². The highest BCUT2D eigenvalue weighted by atomic mass is 16.7. The monoisotopic (exact) mass is 284 g/mol. The van der Waals surface area contributed by atoms with Crippen molar-refractivity contribution in [2.45, 2.75) is 45.8 Å². The summed E-state index contributed by atoms with van der Waals surface area (Å²) in [5, 5.41) is 0. The van der Waals surface area contributed by atoms with Crippen LogP contribution in [0.4, 0.5) is 0 Å². The Morgan fingerprint density at radius 1 is 1.10 bits per heavy atom. The molecule has 5 heteroatoms. The molecule has 21 heavy (non-hydrogen) atoms. The molecule has 3 rings (SSSR count). The van der Waals surface area contributed by atoms with E-state index >= 15 is 0 Å². The molecule has 1 aliphatic heterocycles. The van der Waals surface area contributed by atoms with Crippen LogP contribution in [0.1, 0.15) is 33.3 Å². The van der Waals surface area contributed by atoms with Crippen LogP contribution in [0.15, 0.2) is 30.6 Å². The van der Waals surface area contributed by atoms with Gasteiger partial charge >= 0.3 is 7.12 Å². The first-order valence-corrected chi connectivity index (χ1v) is 7.26. The fraction of sp³-hybridized carbons (Fsp3) is 0.438. The van der Waals surface area contributed by atoms with Gasteiger partial charge in [0.15, 0.2) is 0 Å². The summed E-state index contributed by atoms with van der Waals surface area (Å²) in [5.41, 5.74) is 2.61. The number of aromatic nitrogens is 2. The number of aryl methyl sites for hydroxylation is 1. The number of rotatable bonds is 2. The smallest absolute Gasteiger partial charge is 0.399 e. The minimum absolute atomic E-state index is 0.326. The zero-order valence-electron chi connectivity index (χ0n) is 13.2. The highest BCUT2D eigenvalue weighted by molar-refractivity contribution is 6.62. The molecule has 1 saturated heterocycles. The van der Waals surface area contributed by atoms with Gasteiger partial charge < -0.3 is 14.3 Å². The van der Waals surface area contributed by atoms with Crippen LogP contribution in [0.3, 0.4) is 0 Å². The summed E-state index contributed by atoms with van der Waals surface area (Å²) in [7, 11) is -0.343. The first-order valence-electron chi connectivity index (χ1n) is 7.26. The number of imidazole rings is 1. The molecule has 1 aliphatic rings. The predicted octanol–water partition coefficient (Wildman–Crippen LogP) is 2.68. The first-order chi connectivity index (χ1) is 9.80. The zero-order chi connectivity index (χ0) is 15.3. The van der Waals surface area contributed by atoms with Crippen molar-refractivity contribution in [3.05, 3.63) is 36.2 Å². The molecule has 1 aromatic heterocycles. The second-order valence-corrected chi connectivity index (χ2v) is 6.60. The van der Waals surface area contributed by atoms with Gasteiger partial charge in [0.2, 0.25) is 0 Å². The molecule has 0 unspecified atom stereocenters. The molecule has 0 spiro atoms. The summed E-state index contributed by atoms with van der Waals surface area (Å²) in [6, 6.07) is 6.23. The quantitative estimate of drug-likeness (QED) is 0.862. The molecule has 2 heterocycles. The van der Waals surface area contributed by atoms with Crippen molar-refractivity contribution in [2.24, 2.45) is 0 Å². The lowest BCUT2D eigenvalue weighted by atomic mass is 9.77. The van der Waals surface area contributed by atoms with E-state index in [9.17, 15) is 0 Å². The maximum Gasteiger partial charge on any atom is 0.494 e. The lowest BCUT2D eigenvalue weighted by Crippen LogP contribution is -2.41. The molecule has 1 N–H and O–H groups in total. The van der Waals surface area contributed by atoms with Crippen molar-refractivity contribution in [1.82, 2.24) is 9.97 Å². The molecular weight excluding hydrogens is 263 g/mol.